The molecule has 4 rings (SSSR count). The van der Waals surface area contributed by atoms with Crippen LogP contribution in [0.4, 0.5) is 0 Å². The van der Waals surface area contributed by atoms with Crippen molar-refractivity contribution in [3.63, 3.8) is 0 Å². The van der Waals surface area contributed by atoms with Crippen molar-refractivity contribution in [1.82, 2.24) is 0 Å². The van der Waals surface area contributed by atoms with Crippen molar-refractivity contribution in [2.45, 2.75) is 164 Å². The van der Waals surface area contributed by atoms with Gasteiger partial charge in [0, 0.05) is 0 Å². The van der Waals surface area contributed by atoms with Crippen LogP contribution in [0.3, 0.4) is 0 Å². The fourth-order valence-electron chi connectivity index (χ4n) is 8.70. The van der Waals surface area contributed by atoms with Gasteiger partial charge >= 0.3 is 0 Å². The van der Waals surface area contributed by atoms with Gasteiger partial charge in [-0.1, -0.05) is 74.4 Å². The van der Waals surface area contributed by atoms with Crippen LogP contribution in [0.2, 0.25) is 0 Å². The van der Waals surface area contributed by atoms with Crippen LogP contribution in [0.15, 0.2) is 12.1 Å². The highest BCUT2D eigenvalue weighted by Gasteiger charge is 2.35. The third-order valence-electron chi connectivity index (χ3n) is 11.7. The normalized spacial score (nSPS) is 32.4. The van der Waals surface area contributed by atoms with E-state index in [4.69, 9.17) is 0 Å². The smallest absolute Gasteiger partial charge is 0.0159 e. The molecule has 0 aliphatic heterocycles. The molecule has 0 N–H and O–H groups in total. The molecule has 0 saturated heterocycles. The topological polar surface area (TPSA) is 0 Å². The summed E-state index contributed by atoms with van der Waals surface area (Å²) in [4.78, 5) is 0. The third kappa shape index (κ3) is 6.87. The highest BCUT2D eigenvalue weighted by molar-refractivity contribution is 5.44. The van der Waals surface area contributed by atoms with Crippen molar-refractivity contribution in [3.05, 3.63) is 34.4 Å². The van der Waals surface area contributed by atoms with E-state index in [-0.39, 0.29) is 0 Å². The Bertz CT molecular complexity index is 818. The van der Waals surface area contributed by atoms with E-state index in [0.29, 0.717) is 16.2 Å². The Morgan fingerprint density at radius 1 is 0.432 bits per heavy atom. The summed E-state index contributed by atoms with van der Waals surface area (Å²) in [5, 5.41) is 0. The largest absolute Gasteiger partial charge is 0.0599 e. The molecule has 0 aromatic heterocycles. The second-order valence-corrected chi connectivity index (χ2v) is 17.1. The zero-order valence-electron chi connectivity index (χ0n) is 26.6. The lowest BCUT2D eigenvalue weighted by Gasteiger charge is -2.40. The predicted octanol–water partition coefficient (Wildman–Crippen LogP) is 12.0. The monoisotopic (exact) mass is 506 g/mol. The first-order valence-electron chi connectivity index (χ1n) is 16.3. The minimum atomic E-state index is 0.463. The van der Waals surface area contributed by atoms with Crippen molar-refractivity contribution < 1.29 is 0 Å². The van der Waals surface area contributed by atoms with Gasteiger partial charge in [-0.25, -0.2) is 0 Å². The van der Waals surface area contributed by atoms with E-state index in [2.05, 4.69) is 81.4 Å². The Kier molecular flexibility index (Phi) is 8.69. The molecule has 0 heterocycles. The molecule has 3 aliphatic carbocycles. The van der Waals surface area contributed by atoms with Crippen LogP contribution < -0.4 is 0 Å². The standard InChI is InChI=1S/C37H62/c1-25-33(27-13-19-31(20-14-27)36(5,6)7)23-29(26-11-17-30(18-12-26)35(2,3)4)24-34(25)28-15-21-32(22-16-28)37(8,9)10/h23-24,26-28,30-32H,11-22H2,1-10H3. The van der Waals surface area contributed by atoms with Crippen LogP contribution >= 0.6 is 0 Å². The summed E-state index contributed by atoms with van der Waals surface area (Å²) < 4.78 is 0. The molecule has 3 aliphatic rings. The van der Waals surface area contributed by atoms with Gasteiger partial charge in [0.15, 0.2) is 0 Å². The maximum absolute atomic E-state index is 2.74. The molecule has 0 bridgehead atoms. The molecule has 37 heavy (non-hydrogen) atoms. The Hall–Kier alpha value is -0.780. The highest BCUT2D eigenvalue weighted by Crippen LogP contribution is 2.50. The van der Waals surface area contributed by atoms with Gasteiger partial charge in [-0.3, -0.25) is 0 Å². The van der Waals surface area contributed by atoms with Gasteiger partial charge in [-0.15, -0.1) is 0 Å². The summed E-state index contributed by atoms with van der Waals surface area (Å²) >= 11 is 0. The van der Waals surface area contributed by atoms with Gasteiger partial charge in [0.2, 0.25) is 0 Å². The molecule has 0 radical (unpaired) electrons. The van der Waals surface area contributed by atoms with Crippen LogP contribution in [-0.4, -0.2) is 0 Å². The molecule has 210 valence electrons. The molecule has 0 heteroatoms. The summed E-state index contributed by atoms with van der Waals surface area (Å²) in [6, 6.07) is 5.48. The maximum atomic E-state index is 2.74. The molecule has 0 atom stereocenters. The summed E-state index contributed by atoms with van der Waals surface area (Å²) in [7, 11) is 0. The van der Waals surface area contributed by atoms with Crippen LogP contribution in [0, 0.1) is 40.9 Å². The Labute approximate surface area is 232 Å². The van der Waals surface area contributed by atoms with Gasteiger partial charge < -0.3 is 0 Å². The van der Waals surface area contributed by atoms with Gasteiger partial charge in [-0.05, 0) is 158 Å². The Morgan fingerprint density at radius 3 is 0.973 bits per heavy atom. The molecule has 1 aromatic rings. The highest BCUT2D eigenvalue weighted by atomic mass is 14.4. The molecule has 0 nitrogen and oxygen atoms in total. The molecule has 1 aromatic carbocycles. The SMILES string of the molecule is Cc1c(C2CCC(C(C)(C)C)CC2)cc(C2CCC(C(C)(C)C)CC2)cc1C1CCC(C(C)(C)C)CC1. The van der Waals surface area contributed by atoms with Gasteiger partial charge in [0.05, 0.1) is 0 Å². The number of benzene rings is 1. The van der Waals surface area contributed by atoms with Crippen molar-refractivity contribution >= 4 is 0 Å². The fourth-order valence-corrected chi connectivity index (χ4v) is 8.70. The number of hydrogen-bond acceptors (Lipinski definition) is 0. The van der Waals surface area contributed by atoms with Gasteiger partial charge in [0.1, 0.15) is 0 Å². The lowest BCUT2D eigenvalue weighted by atomic mass is 9.65. The lowest BCUT2D eigenvalue weighted by molar-refractivity contribution is 0.166. The van der Waals surface area contributed by atoms with Crippen LogP contribution in [0.25, 0.3) is 0 Å². The second-order valence-electron chi connectivity index (χ2n) is 17.1. The Balaban J connectivity index is 1.60. The van der Waals surface area contributed by atoms with E-state index in [1.54, 1.807) is 22.3 Å². The van der Waals surface area contributed by atoms with E-state index >= 15 is 0 Å². The van der Waals surface area contributed by atoms with E-state index in [0.717, 1.165) is 35.5 Å². The van der Waals surface area contributed by atoms with Crippen molar-refractivity contribution in [1.29, 1.82) is 0 Å². The zero-order valence-corrected chi connectivity index (χ0v) is 26.6. The third-order valence-corrected chi connectivity index (χ3v) is 11.7. The Morgan fingerprint density at radius 2 is 0.703 bits per heavy atom. The number of rotatable bonds is 3. The summed E-state index contributed by atoms with van der Waals surface area (Å²) in [5.74, 6) is 5.05. The molecule has 3 saturated carbocycles. The summed E-state index contributed by atoms with van der Waals surface area (Å²) in [5.41, 5.74) is 8.32. The minimum Gasteiger partial charge on any atom is -0.0599 e. The molecule has 0 unspecified atom stereocenters. The second kappa shape index (κ2) is 11.0. The molecule has 0 amide bonds. The van der Waals surface area contributed by atoms with Crippen LogP contribution in [0.5, 0.6) is 0 Å². The van der Waals surface area contributed by atoms with Crippen molar-refractivity contribution in [3.8, 4) is 0 Å². The van der Waals surface area contributed by atoms with E-state index in [1.807, 2.05) is 0 Å². The summed E-state index contributed by atoms with van der Waals surface area (Å²) in [6.07, 6.45) is 16.9. The zero-order chi connectivity index (χ0) is 27.2. The molecular weight excluding hydrogens is 444 g/mol. The van der Waals surface area contributed by atoms with Crippen molar-refractivity contribution in [2.75, 3.05) is 0 Å². The molecule has 0 spiro atoms. The predicted molar refractivity (Wildman–Crippen MR) is 164 cm³/mol. The lowest BCUT2D eigenvalue weighted by Crippen LogP contribution is -2.27. The first-order valence-corrected chi connectivity index (χ1v) is 16.3. The first-order chi connectivity index (χ1) is 17.1. The van der Waals surface area contributed by atoms with Gasteiger partial charge in [0.25, 0.3) is 0 Å². The number of hydrogen-bond donors (Lipinski definition) is 0. The molecular formula is C37H62. The van der Waals surface area contributed by atoms with Gasteiger partial charge in [-0.2, -0.15) is 0 Å². The van der Waals surface area contributed by atoms with Crippen molar-refractivity contribution in [2.24, 2.45) is 34.0 Å². The summed E-state index contributed by atoms with van der Waals surface area (Å²) in [6.45, 7) is 24.7. The quantitative estimate of drug-likeness (QED) is 0.382. The van der Waals surface area contributed by atoms with Crippen LogP contribution in [0.1, 0.15) is 179 Å². The van der Waals surface area contributed by atoms with E-state index < -0.39 is 0 Å². The van der Waals surface area contributed by atoms with E-state index in [9.17, 15) is 0 Å². The van der Waals surface area contributed by atoms with Crippen LogP contribution in [-0.2, 0) is 0 Å². The average Bonchev–Trinajstić information content (AvgIpc) is 2.83. The molecule has 3 fully saturated rings. The average molecular weight is 507 g/mol. The first kappa shape index (κ1) is 29.2. The maximum Gasteiger partial charge on any atom is -0.0159 e. The van der Waals surface area contributed by atoms with E-state index in [1.165, 1.54) is 77.0 Å². The minimum absolute atomic E-state index is 0.463. The fraction of sp³-hybridized carbons (Fsp3) is 0.838.